The minimum Gasteiger partial charge on any atom is -0.444 e. The first-order valence-corrected chi connectivity index (χ1v) is 10.0. The van der Waals surface area contributed by atoms with Crippen LogP contribution >= 0.6 is 15.9 Å². The predicted molar refractivity (Wildman–Crippen MR) is 100 cm³/mol. The lowest BCUT2D eigenvalue weighted by Crippen LogP contribution is -2.48. The monoisotopic (exact) mass is 432 g/mol. The quantitative estimate of drug-likeness (QED) is 0.776. The Morgan fingerprint density at radius 2 is 2.04 bits per heavy atom. The summed E-state index contributed by atoms with van der Waals surface area (Å²) in [6.07, 6.45) is -0.399. The van der Waals surface area contributed by atoms with Crippen LogP contribution in [-0.4, -0.2) is 57.0 Å². The van der Waals surface area contributed by atoms with Gasteiger partial charge in [0, 0.05) is 43.7 Å². The molecule has 6 nitrogen and oxygen atoms in total. The first-order valence-electron chi connectivity index (χ1n) is 8.10. The number of hydrogen-bond acceptors (Lipinski definition) is 4. The van der Waals surface area contributed by atoms with Crippen LogP contribution in [0.4, 0.5) is 4.79 Å². The minimum absolute atomic E-state index is 0.123. The number of amides is 1. The van der Waals surface area contributed by atoms with Crippen molar-refractivity contribution in [3.05, 3.63) is 28.2 Å². The summed E-state index contributed by atoms with van der Waals surface area (Å²) in [6.45, 7) is 7.21. The third kappa shape index (κ3) is 5.77. The Labute approximate surface area is 159 Å². The second-order valence-electron chi connectivity index (χ2n) is 7.28. The number of aliphatic hydroxyl groups excluding tert-OH is 1. The molecule has 1 atom stereocenters. The van der Waals surface area contributed by atoms with Crippen LogP contribution in [0.2, 0.25) is 0 Å². The van der Waals surface area contributed by atoms with E-state index in [1.807, 2.05) is 43.3 Å². The van der Waals surface area contributed by atoms with Gasteiger partial charge in [0.05, 0.1) is 4.90 Å². The average Bonchev–Trinajstić information content (AvgIpc) is 2.43. The molecule has 0 aromatic heterocycles. The van der Waals surface area contributed by atoms with Crippen LogP contribution in [-0.2, 0) is 22.3 Å². The predicted octanol–water partition coefficient (Wildman–Crippen LogP) is 2.76. The number of rotatable bonds is 5. The Bertz CT molecular complexity index is 657. The summed E-state index contributed by atoms with van der Waals surface area (Å²) in [5.74, 6) is 0.203. The van der Waals surface area contributed by atoms with E-state index in [0.29, 0.717) is 24.5 Å². The molecule has 0 spiro atoms. The zero-order valence-electron chi connectivity index (χ0n) is 15.0. The molecule has 1 unspecified atom stereocenters. The Balaban J connectivity index is 2.06. The van der Waals surface area contributed by atoms with Gasteiger partial charge in [-0.25, -0.2) is 13.3 Å². The van der Waals surface area contributed by atoms with E-state index in [2.05, 4.69) is 15.9 Å². The van der Waals surface area contributed by atoms with Crippen molar-refractivity contribution in [1.82, 2.24) is 9.21 Å². The number of benzene rings is 1. The highest BCUT2D eigenvalue weighted by Gasteiger charge is 2.31. The van der Waals surface area contributed by atoms with Crippen molar-refractivity contribution in [2.24, 2.45) is 5.92 Å². The zero-order valence-corrected chi connectivity index (χ0v) is 17.4. The highest BCUT2D eigenvalue weighted by molar-refractivity contribution is 9.10. The fourth-order valence-corrected chi connectivity index (χ4v) is 4.58. The Kier molecular flexibility index (Phi) is 6.64. The molecule has 1 aliphatic rings. The van der Waals surface area contributed by atoms with Gasteiger partial charge in [0.1, 0.15) is 16.6 Å². The molecule has 0 bridgehead atoms. The van der Waals surface area contributed by atoms with Crippen molar-refractivity contribution in [2.75, 3.05) is 26.7 Å². The van der Waals surface area contributed by atoms with Gasteiger partial charge < -0.3 is 14.7 Å². The maximum Gasteiger partial charge on any atom is 0.410 e. The van der Waals surface area contributed by atoms with Gasteiger partial charge in [-0.2, -0.15) is 0 Å². The normalized spacial score (nSPS) is 17.0. The smallest absolute Gasteiger partial charge is 0.410 e. The fraction of sp³-hybridized carbons (Fsp3) is 0.588. The maximum atomic E-state index is 12.6. The lowest BCUT2D eigenvalue weighted by atomic mass is 10.1. The van der Waals surface area contributed by atoms with E-state index in [-0.39, 0.29) is 12.5 Å². The van der Waals surface area contributed by atoms with Gasteiger partial charge >= 0.3 is 6.09 Å². The Hall–Kier alpha value is -0.960. The van der Waals surface area contributed by atoms with Crippen LogP contribution in [0.25, 0.3) is 0 Å². The molecule has 1 fully saturated rings. The Morgan fingerprint density at radius 3 is 2.60 bits per heavy atom. The Morgan fingerprint density at radius 1 is 1.40 bits per heavy atom. The van der Waals surface area contributed by atoms with Crippen molar-refractivity contribution in [3.63, 3.8) is 0 Å². The van der Waals surface area contributed by atoms with Gasteiger partial charge in [0.2, 0.25) is 0 Å². The molecule has 0 radical (unpaired) electrons. The number of aliphatic hydroxyl groups is 1. The number of nitrogens with zero attached hydrogens (tertiary/aromatic N) is 2. The van der Waals surface area contributed by atoms with Crippen molar-refractivity contribution < 1.29 is 18.8 Å². The SMILES string of the molecule is CN(Cc1cc(Br)cc(S(=O)N2CC(CO)C2)c1)C(=O)OC(C)(C)C. The van der Waals surface area contributed by atoms with Crippen LogP contribution in [0, 0.1) is 5.92 Å². The largest absolute Gasteiger partial charge is 0.444 e. The van der Waals surface area contributed by atoms with Gasteiger partial charge in [-0.05, 0) is 44.5 Å². The highest BCUT2D eigenvalue weighted by Crippen LogP contribution is 2.25. The average molecular weight is 433 g/mol. The molecule has 0 aliphatic carbocycles. The van der Waals surface area contributed by atoms with E-state index in [4.69, 9.17) is 9.84 Å². The molecule has 1 N–H and O–H groups in total. The molecule has 1 heterocycles. The van der Waals surface area contributed by atoms with Crippen LogP contribution < -0.4 is 0 Å². The molecule has 140 valence electrons. The van der Waals surface area contributed by atoms with Gasteiger partial charge in [-0.1, -0.05) is 15.9 Å². The molecule has 0 saturated carbocycles. The summed E-state index contributed by atoms with van der Waals surface area (Å²) in [5.41, 5.74) is 0.320. The van der Waals surface area contributed by atoms with E-state index in [9.17, 15) is 9.00 Å². The molecule has 2 rings (SSSR count). The molecule has 8 heteroatoms. The van der Waals surface area contributed by atoms with E-state index in [1.165, 1.54) is 4.90 Å². The third-order valence-corrected chi connectivity index (χ3v) is 5.54. The molecule has 1 aromatic carbocycles. The highest BCUT2D eigenvalue weighted by atomic mass is 79.9. The van der Waals surface area contributed by atoms with Crippen LogP contribution in [0.5, 0.6) is 0 Å². The van der Waals surface area contributed by atoms with E-state index >= 15 is 0 Å². The van der Waals surface area contributed by atoms with Crippen molar-refractivity contribution in [2.45, 2.75) is 37.8 Å². The van der Waals surface area contributed by atoms with Crippen molar-refractivity contribution >= 4 is 33.0 Å². The molecule has 1 aliphatic heterocycles. The number of halogens is 1. The molecule has 1 saturated heterocycles. The summed E-state index contributed by atoms with van der Waals surface area (Å²) in [4.78, 5) is 14.3. The second-order valence-corrected chi connectivity index (χ2v) is 9.68. The van der Waals surface area contributed by atoms with Gasteiger partial charge in [-0.3, -0.25) is 0 Å². The standard InChI is InChI=1S/C17H25BrN2O4S/c1-17(2,3)24-16(22)19(4)8-12-5-14(18)7-15(6-12)25(23)20-9-13(10-20)11-21/h5-7,13,21H,8-11H2,1-4H3. The maximum absolute atomic E-state index is 12.6. The van der Waals surface area contributed by atoms with E-state index in [0.717, 1.165) is 10.0 Å². The number of ether oxygens (including phenoxy) is 1. The minimum atomic E-state index is -1.27. The van der Waals surface area contributed by atoms with Crippen molar-refractivity contribution in [3.8, 4) is 0 Å². The fourth-order valence-electron chi connectivity index (χ4n) is 2.41. The summed E-state index contributed by atoms with van der Waals surface area (Å²) in [5, 5.41) is 9.09. The summed E-state index contributed by atoms with van der Waals surface area (Å²) in [6, 6.07) is 5.56. The van der Waals surface area contributed by atoms with Crippen LogP contribution in [0.15, 0.2) is 27.6 Å². The summed E-state index contributed by atoms with van der Waals surface area (Å²) >= 11 is 3.44. The van der Waals surface area contributed by atoms with Gasteiger partial charge in [0.15, 0.2) is 0 Å². The van der Waals surface area contributed by atoms with Gasteiger partial charge in [-0.15, -0.1) is 0 Å². The molecule has 25 heavy (non-hydrogen) atoms. The molecule has 1 amide bonds. The first-order chi connectivity index (χ1) is 11.6. The number of carbonyl (C=O) groups is 1. The first kappa shape index (κ1) is 20.4. The van der Waals surface area contributed by atoms with Gasteiger partial charge in [0.25, 0.3) is 0 Å². The third-order valence-electron chi connectivity index (χ3n) is 3.67. The summed E-state index contributed by atoms with van der Waals surface area (Å²) in [7, 11) is 0.405. The van der Waals surface area contributed by atoms with Crippen molar-refractivity contribution in [1.29, 1.82) is 0 Å². The number of hydrogen-bond donors (Lipinski definition) is 1. The van der Waals surface area contributed by atoms with Crippen LogP contribution in [0.1, 0.15) is 26.3 Å². The second kappa shape index (κ2) is 8.16. The topological polar surface area (TPSA) is 70.1 Å². The molecular weight excluding hydrogens is 408 g/mol. The van der Waals surface area contributed by atoms with E-state index in [1.54, 1.807) is 7.05 Å². The zero-order chi connectivity index (χ0) is 18.8. The van der Waals surface area contributed by atoms with E-state index < -0.39 is 22.7 Å². The molecular formula is C17H25BrN2O4S. The lowest BCUT2D eigenvalue weighted by Gasteiger charge is -2.36. The lowest BCUT2D eigenvalue weighted by molar-refractivity contribution is 0.0285. The summed E-state index contributed by atoms with van der Waals surface area (Å²) < 4.78 is 20.6. The molecule has 1 aromatic rings. The number of carbonyl (C=O) groups excluding carboxylic acids is 1. The van der Waals surface area contributed by atoms with Crippen LogP contribution in [0.3, 0.4) is 0 Å².